The highest BCUT2D eigenvalue weighted by atomic mass is 16.2. The van der Waals surface area contributed by atoms with Gasteiger partial charge in [0.05, 0.1) is 0 Å². The second kappa shape index (κ2) is 7.48. The number of H-pyrrole nitrogens is 1. The Morgan fingerprint density at radius 3 is 2.31 bits per heavy atom. The van der Waals surface area contributed by atoms with Gasteiger partial charge in [-0.15, -0.1) is 0 Å². The second-order valence-corrected chi connectivity index (χ2v) is 5.72. The summed E-state index contributed by atoms with van der Waals surface area (Å²) in [5.74, 6) is -0.518. The summed E-state index contributed by atoms with van der Waals surface area (Å²) in [4.78, 5) is 37.9. The summed E-state index contributed by atoms with van der Waals surface area (Å²) in [5.41, 5.74) is 2.13. The molecule has 3 rings (SSSR count). The van der Waals surface area contributed by atoms with Crippen LogP contribution >= 0.6 is 0 Å². The topological polar surface area (TPSA) is 91.1 Å². The van der Waals surface area contributed by atoms with Crippen LogP contribution in [-0.2, 0) is 9.59 Å². The fourth-order valence-corrected chi connectivity index (χ4v) is 2.48. The summed E-state index contributed by atoms with van der Waals surface area (Å²) in [6.07, 6.45) is 2.79. The molecule has 0 aliphatic carbocycles. The SMILES string of the molecule is CC(=O)Nc1ccc(NC(=O)/C=C/c2cc3ccccc3[nH]c2=O)cc1. The van der Waals surface area contributed by atoms with Gasteiger partial charge in [-0.25, -0.2) is 0 Å². The van der Waals surface area contributed by atoms with Gasteiger partial charge in [0.1, 0.15) is 0 Å². The Balaban J connectivity index is 1.70. The Morgan fingerprint density at radius 1 is 0.962 bits per heavy atom. The van der Waals surface area contributed by atoms with Gasteiger partial charge >= 0.3 is 0 Å². The van der Waals surface area contributed by atoms with Crippen LogP contribution in [0.25, 0.3) is 17.0 Å². The molecule has 2 aromatic carbocycles. The number of hydrogen-bond acceptors (Lipinski definition) is 3. The summed E-state index contributed by atoms with van der Waals surface area (Å²) in [6.45, 7) is 1.43. The molecule has 1 aromatic heterocycles. The van der Waals surface area contributed by atoms with Crippen LogP contribution in [0.15, 0.2) is 65.5 Å². The highest BCUT2D eigenvalue weighted by Crippen LogP contribution is 2.14. The summed E-state index contributed by atoms with van der Waals surface area (Å²) < 4.78 is 0. The van der Waals surface area contributed by atoms with Crippen LogP contribution < -0.4 is 16.2 Å². The quantitative estimate of drug-likeness (QED) is 0.633. The second-order valence-electron chi connectivity index (χ2n) is 5.72. The first-order chi connectivity index (χ1) is 12.5. The van der Waals surface area contributed by atoms with Gasteiger partial charge in [0.15, 0.2) is 0 Å². The first-order valence-corrected chi connectivity index (χ1v) is 8.00. The Hall–Kier alpha value is -3.67. The number of para-hydroxylation sites is 1. The summed E-state index contributed by atoms with van der Waals surface area (Å²) >= 11 is 0. The molecule has 1 heterocycles. The smallest absolute Gasteiger partial charge is 0.255 e. The van der Waals surface area contributed by atoms with E-state index in [1.807, 2.05) is 24.3 Å². The van der Waals surface area contributed by atoms with Crippen LogP contribution in [0.3, 0.4) is 0 Å². The van der Waals surface area contributed by atoms with Crippen LogP contribution in [0.4, 0.5) is 11.4 Å². The summed E-state index contributed by atoms with van der Waals surface area (Å²) in [6, 6.07) is 15.9. The molecule has 0 aliphatic rings. The van der Waals surface area contributed by atoms with E-state index in [0.29, 0.717) is 16.9 Å². The molecular formula is C20H17N3O3. The largest absolute Gasteiger partial charge is 0.326 e. The molecule has 6 nitrogen and oxygen atoms in total. The van der Waals surface area contributed by atoms with Crippen molar-refractivity contribution in [2.45, 2.75) is 6.92 Å². The van der Waals surface area contributed by atoms with Crippen molar-refractivity contribution in [1.29, 1.82) is 0 Å². The molecule has 3 aromatic rings. The predicted molar refractivity (Wildman–Crippen MR) is 103 cm³/mol. The zero-order chi connectivity index (χ0) is 18.5. The number of benzene rings is 2. The van der Waals surface area contributed by atoms with Crippen LogP contribution in [0.5, 0.6) is 0 Å². The zero-order valence-corrected chi connectivity index (χ0v) is 14.1. The van der Waals surface area contributed by atoms with Gasteiger partial charge in [0, 0.05) is 35.5 Å². The number of rotatable bonds is 4. The monoisotopic (exact) mass is 347 g/mol. The normalized spacial score (nSPS) is 10.8. The molecule has 0 spiro atoms. The van der Waals surface area contributed by atoms with Crippen molar-refractivity contribution in [2.24, 2.45) is 0 Å². The Bertz CT molecular complexity index is 1050. The standard InChI is InChI=1S/C20H17N3O3/c1-13(24)21-16-7-9-17(10-8-16)22-19(25)11-6-15-12-14-4-2-3-5-18(14)23-20(15)26/h2-12H,1H3,(H,21,24)(H,22,25)(H,23,26)/b11-6+. The highest BCUT2D eigenvalue weighted by Gasteiger charge is 2.02. The zero-order valence-electron chi connectivity index (χ0n) is 14.1. The molecule has 0 bridgehead atoms. The minimum Gasteiger partial charge on any atom is -0.326 e. The van der Waals surface area contributed by atoms with E-state index in [-0.39, 0.29) is 17.4 Å². The third kappa shape index (κ3) is 4.24. The fraction of sp³-hybridized carbons (Fsp3) is 0.0500. The van der Waals surface area contributed by atoms with Crippen LogP contribution in [0, 0.1) is 0 Å². The van der Waals surface area contributed by atoms with E-state index < -0.39 is 0 Å². The van der Waals surface area contributed by atoms with Crippen molar-refractivity contribution in [3.05, 3.63) is 76.6 Å². The fourth-order valence-electron chi connectivity index (χ4n) is 2.48. The number of anilines is 2. The maximum Gasteiger partial charge on any atom is 0.255 e. The molecule has 3 N–H and O–H groups in total. The molecule has 0 fully saturated rings. The number of pyridine rings is 1. The van der Waals surface area contributed by atoms with Crippen molar-refractivity contribution < 1.29 is 9.59 Å². The third-order valence-electron chi connectivity index (χ3n) is 3.67. The molecule has 0 atom stereocenters. The van der Waals surface area contributed by atoms with Crippen LogP contribution in [0.2, 0.25) is 0 Å². The Morgan fingerprint density at radius 2 is 1.62 bits per heavy atom. The molecule has 0 radical (unpaired) electrons. The average Bonchev–Trinajstić information content (AvgIpc) is 2.61. The number of nitrogens with one attached hydrogen (secondary N) is 3. The lowest BCUT2D eigenvalue weighted by Gasteiger charge is -2.05. The van der Waals surface area contributed by atoms with Gasteiger partial charge in [0.25, 0.3) is 5.56 Å². The third-order valence-corrected chi connectivity index (χ3v) is 3.67. The number of carbonyl (C=O) groups excluding carboxylic acids is 2. The van der Waals surface area contributed by atoms with E-state index in [4.69, 9.17) is 0 Å². The average molecular weight is 347 g/mol. The van der Waals surface area contributed by atoms with Crippen molar-refractivity contribution in [1.82, 2.24) is 4.98 Å². The molecule has 0 aliphatic heterocycles. The highest BCUT2D eigenvalue weighted by molar-refractivity contribution is 6.02. The first-order valence-electron chi connectivity index (χ1n) is 8.00. The molecule has 26 heavy (non-hydrogen) atoms. The predicted octanol–water partition coefficient (Wildman–Crippen LogP) is 3.14. The van der Waals surface area contributed by atoms with Crippen molar-refractivity contribution in [3.8, 4) is 0 Å². The van der Waals surface area contributed by atoms with E-state index in [2.05, 4.69) is 15.6 Å². The minimum absolute atomic E-state index is 0.162. The molecule has 130 valence electrons. The van der Waals surface area contributed by atoms with Crippen molar-refractivity contribution in [3.63, 3.8) is 0 Å². The molecule has 0 saturated heterocycles. The molecule has 2 amide bonds. The Labute approximate surface area is 149 Å². The van der Waals surface area contributed by atoms with Gasteiger partial charge in [-0.3, -0.25) is 14.4 Å². The molecule has 0 unspecified atom stereocenters. The minimum atomic E-state index is -0.357. The van der Waals surface area contributed by atoms with Gasteiger partial charge in [-0.05, 0) is 47.9 Å². The van der Waals surface area contributed by atoms with Crippen LogP contribution in [-0.4, -0.2) is 16.8 Å². The molecule has 6 heteroatoms. The van der Waals surface area contributed by atoms with Crippen LogP contribution in [0.1, 0.15) is 12.5 Å². The van der Waals surface area contributed by atoms with Gasteiger partial charge in [0.2, 0.25) is 11.8 Å². The lowest BCUT2D eigenvalue weighted by atomic mass is 10.1. The van der Waals surface area contributed by atoms with Crippen molar-refractivity contribution in [2.75, 3.05) is 10.6 Å². The number of aromatic amines is 1. The lowest BCUT2D eigenvalue weighted by molar-refractivity contribution is -0.114. The number of aromatic nitrogens is 1. The maximum absolute atomic E-state index is 12.1. The van der Waals surface area contributed by atoms with Gasteiger partial charge in [-0.2, -0.15) is 0 Å². The lowest BCUT2D eigenvalue weighted by Crippen LogP contribution is -2.11. The van der Waals surface area contributed by atoms with E-state index in [0.717, 1.165) is 10.9 Å². The van der Waals surface area contributed by atoms with E-state index in [1.54, 1.807) is 30.3 Å². The van der Waals surface area contributed by atoms with E-state index in [1.165, 1.54) is 19.1 Å². The van der Waals surface area contributed by atoms with Crippen molar-refractivity contribution >= 4 is 40.2 Å². The number of carbonyl (C=O) groups is 2. The first kappa shape index (κ1) is 17.2. The van der Waals surface area contributed by atoms with Gasteiger partial charge < -0.3 is 15.6 Å². The molecule has 0 saturated carbocycles. The number of hydrogen-bond donors (Lipinski definition) is 3. The van der Waals surface area contributed by atoms with Gasteiger partial charge in [-0.1, -0.05) is 18.2 Å². The van der Waals surface area contributed by atoms with E-state index >= 15 is 0 Å². The maximum atomic E-state index is 12.1. The Kier molecular flexibility index (Phi) is 4.94. The molecular weight excluding hydrogens is 330 g/mol. The summed E-state index contributed by atoms with van der Waals surface area (Å²) in [5, 5.41) is 6.24. The number of amides is 2. The summed E-state index contributed by atoms with van der Waals surface area (Å²) in [7, 11) is 0. The number of fused-ring (bicyclic) bond motifs is 1. The van der Waals surface area contributed by atoms with E-state index in [9.17, 15) is 14.4 Å².